The second kappa shape index (κ2) is 8.33. The normalized spacial score (nSPS) is 10.7. The molecular formula is C19H18N2O3S2. The fraction of sp³-hybridized carbons (Fsp3) is 0.211. The lowest BCUT2D eigenvalue weighted by atomic mass is 10.1. The minimum absolute atomic E-state index is 0.122. The van der Waals surface area contributed by atoms with Crippen LogP contribution in [0.5, 0.6) is 0 Å². The first-order valence-electron chi connectivity index (χ1n) is 8.02. The number of amides is 1. The summed E-state index contributed by atoms with van der Waals surface area (Å²) in [6, 6.07) is 13.5. The van der Waals surface area contributed by atoms with E-state index in [-0.39, 0.29) is 18.3 Å². The minimum Gasteiger partial charge on any atom is -0.455 e. The number of hydrogen-bond acceptors (Lipinski definition) is 6. The average Bonchev–Trinajstić information content (AvgIpc) is 3.04. The van der Waals surface area contributed by atoms with E-state index in [1.807, 2.05) is 56.3 Å². The summed E-state index contributed by atoms with van der Waals surface area (Å²) >= 11 is 2.85. The van der Waals surface area contributed by atoms with Gasteiger partial charge in [-0.25, -0.2) is 4.98 Å². The Balaban J connectivity index is 1.44. The SMILES string of the molecule is Cc1ccc(NC(=O)COC(=O)CSc2nc3ccccc3s2)cc1C. The van der Waals surface area contributed by atoms with E-state index in [4.69, 9.17) is 4.74 Å². The van der Waals surface area contributed by atoms with Crippen molar-refractivity contribution in [3.05, 3.63) is 53.6 Å². The van der Waals surface area contributed by atoms with Crippen molar-refractivity contribution < 1.29 is 14.3 Å². The summed E-state index contributed by atoms with van der Waals surface area (Å²) in [7, 11) is 0. The van der Waals surface area contributed by atoms with Crippen molar-refractivity contribution in [2.24, 2.45) is 0 Å². The van der Waals surface area contributed by atoms with Crippen LogP contribution in [-0.2, 0) is 14.3 Å². The number of nitrogens with one attached hydrogen (secondary N) is 1. The summed E-state index contributed by atoms with van der Waals surface area (Å²) < 4.78 is 6.92. The average molecular weight is 386 g/mol. The maximum atomic E-state index is 11.9. The Bertz CT molecular complexity index is 920. The van der Waals surface area contributed by atoms with Crippen LogP contribution in [0.3, 0.4) is 0 Å². The lowest BCUT2D eigenvalue weighted by Crippen LogP contribution is -2.21. The molecule has 0 unspecified atom stereocenters. The maximum Gasteiger partial charge on any atom is 0.316 e. The molecule has 7 heteroatoms. The zero-order chi connectivity index (χ0) is 18.5. The fourth-order valence-corrected chi connectivity index (χ4v) is 4.10. The van der Waals surface area contributed by atoms with Crippen LogP contribution in [0.15, 0.2) is 46.8 Å². The van der Waals surface area contributed by atoms with Crippen molar-refractivity contribution in [2.75, 3.05) is 17.7 Å². The zero-order valence-electron chi connectivity index (χ0n) is 14.4. The summed E-state index contributed by atoms with van der Waals surface area (Å²) in [6.45, 7) is 3.68. The summed E-state index contributed by atoms with van der Waals surface area (Å²) in [5, 5.41) is 2.72. The van der Waals surface area contributed by atoms with Gasteiger partial charge in [-0.1, -0.05) is 30.0 Å². The highest BCUT2D eigenvalue weighted by molar-refractivity contribution is 8.01. The number of carbonyl (C=O) groups is 2. The molecule has 5 nitrogen and oxygen atoms in total. The molecule has 1 aromatic heterocycles. The Morgan fingerprint density at radius 1 is 1.15 bits per heavy atom. The molecule has 1 heterocycles. The van der Waals surface area contributed by atoms with E-state index in [9.17, 15) is 9.59 Å². The third-order valence-electron chi connectivity index (χ3n) is 3.74. The van der Waals surface area contributed by atoms with Gasteiger partial charge >= 0.3 is 5.97 Å². The van der Waals surface area contributed by atoms with Crippen molar-refractivity contribution in [1.29, 1.82) is 0 Å². The van der Waals surface area contributed by atoms with Crippen LogP contribution >= 0.6 is 23.1 Å². The molecule has 3 aromatic rings. The number of ether oxygens (including phenoxy) is 1. The Hall–Kier alpha value is -2.38. The van der Waals surface area contributed by atoms with Crippen molar-refractivity contribution in [1.82, 2.24) is 4.98 Å². The number of anilines is 1. The van der Waals surface area contributed by atoms with Gasteiger partial charge in [-0.2, -0.15) is 0 Å². The van der Waals surface area contributed by atoms with Gasteiger partial charge in [0.2, 0.25) is 0 Å². The summed E-state index contributed by atoms with van der Waals surface area (Å²) in [5.41, 5.74) is 3.85. The predicted octanol–water partition coefficient (Wildman–Crippen LogP) is 4.19. The van der Waals surface area contributed by atoms with Crippen molar-refractivity contribution >= 4 is 50.9 Å². The van der Waals surface area contributed by atoms with Crippen LogP contribution in [0, 0.1) is 13.8 Å². The Kier molecular flexibility index (Phi) is 5.90. The lowest BCUT2D eigenvalue weighted by Gasteiger charge is -2.08. The molecule has 0 aliphatic carbocycles. The van der Waals surface area contributed by atoms with E-state index in [0.29, 0.717) is 5.69 Å². The Morgan fingerprint density at radius 3 is 2.73 bits per heavy atom. The number of esters is 1. The number of thiazole rings is 1. The van der Waals surface area contributed by atoms with Gasteiger partial charge in [0, 0.05) is 5.69 Å². The standard InChI is InChI=1S/C19H18N2O3S2/c1-12-7-8-14(9-13(12)2)20-17(22)10-24-18(23)11-25-19-21-15-5-3-4-6-16(15)26-19/h3-9H,10-11H2,1-2H3,(H,20,22). The first kappa shape index (κ1) is 18.4. The highest BCUT2D eigenvalue weighted by Gasteiger charge is 2.11. The highest BCUT2D eigenvalue weighted by Crippen LogP contribution is 2.29. The van der Waals surface area contributed by atoms with E-state index in [1.54, 1.807) is 0 Å². The molecule has 0 fully saturated rings. The topological polar surface area (TPSA) is 68.3 Å². The number of hydrogen-bond donors (Lipinski definition) is 1. The molecule has 0 aliphatic rings. The molecule has 3 rings (SSSR count). The lowest BCUT2D eigenvalue weighted by molar-refractivity contribution is -0.144. The van der Waals surface area contributed by atoms with Gasteiger partial charge in [-0.05, 0) is 49.2 Å². The quantitative estimate of drug-likeness (QED) is 0.508. The number of carbonyl (C=O) groups excluding carboxylic acids is 2. The largest absolute Gasteiger partial charge is 0.455 e. The second-order valence-corrected chi connectivity index (χ2v) is 8.00. The highest BCUT2D eigenvalue weighted by atomic mass is 32.2. The number of fused-ring (bicyclic) bond motifs is 1. The van der Waals surface area contributed by atoms with Crippen molar-refractivity contribution in [3.63, 3.8) is 0 Å². The molecular weight excluding hydrogens is 368 g/mol. The van der Waals surface area contributed by atoms with E-state index in [1.165, 1.54) is 23.1 Å². The van der Waals surface area contributed by atoms with Crippen LogP contribution in [0.4, 0.5) is 5.69 Å². The molecule has 0 atom stereocenters. The summed E-state index contributed by atoms with van der Waals surface area (Å²) in [6.07, 6.45) is 0. The molecule has 134 valence electrons. The van der Waals surface area contributed by atoms with Gasteiger partial charge in [-0.3, -0.25) is 9.59 Å². The van der Waals surface area contributed by atoms with E-state index >= 15 is 0 Å². The zero-order valence-corrected chi connectivity index (χ0v) is 16.1. The summed E-state index contributed by atoms with van der Waals surface area (Å²) in [5.74, 6) is -0.674. The van der Waals surface area contributed by atoms with Crippen molar-refractivity contribution in [3.8, 4) is 0 Å². The number of benzene rings is 2. The smallest absolute Gasteiger partial charge is 0.316 e. The molecule has 0 radical (unpaired) electrons. The van der Waals surface area contributed by atoms with Crippen LogP contribution in [-0.4, -0.2) is 29.2 Å². The van der Waals surface area contributed by atoms with Crippen LogP contribution < -0.4 is 5.32 Å². The van der Waals surface area contributed by atoms with Crippen LogP contribution in [0.1, 0.15) is 11.1 Å². The van der Waals surface area contributed by atoms with E-state index in [0.717, 1.165) is 25.7 Å². The van der Waals surface area contributed by atoms with E-state index < -0.39 is 5.97 Å². The molecule has 0 bridgehead atoms. The number of thioether (sulfide) groups is 1. The molecule has 0 saturated heterocycles. The third kappa shape index (κ3) is 4.83. The van der Waals surface area contributed by atoms with Crippen molar-refractivity contribution in [2.45, 2.75) is 18.2 Å². The van der Waals surface area contributed by atoms with E-state index in [2.05, 4.69) is 10.3 Å². The Morgan fingerprint density at radius 2 is 1.96 bits per heavy atom. The molecule has 0 spiro atoms. The van der Waals surface area contributed by atoms with Crippen LogP contribution in [0.2, 0.25) is 0 Å². The Labute approximate surface area is 159 Å². The van der Waals surface area contributed by atoms with Gasteiger partial charge in [0.05, 0.1) is 16.0 Å². The van der Waals surface area contributed by atoms with Gasteiger partial charge in [0.25, 0.3) is 5.91 Å². The second-order valence-electron chi connectivity index (χ2n) is 5.74. The number of aryl methyl sites for hydroxylation is 2. The minimum atomic E-state index is -0.440. The summed E-state index contributed by atoms with van der Waals surface area (Å²) in [4.78, 5) is 28.2. The maximum absolute atomic E-state index is 11.9. The monoisotopic (exact) mass is 386 g/mol. The number of aromatic nitrogens is 1. The molecule has 1 amide bonds. The van der Waals surface area contributed by atoms with Gasteiger partial charge in [-0.15, -0.1) is 11.3 Å². The number of para-hydroxylation sites is 1. The first-order valence-corrected chi connectivity index (χ1v) is 9.82. The molecule has 0 aliphatic heterocycles. The fourth-order valence-electron chi connectivity index (χ4n) is 2.24. The first-order chi connectivity index (χ1) is 12.5. The molecule has 0 saturated carbocycles. The number of rotatable bonds is 6. The molecule has 1 N–H and O–H groups in total. The molecule has 26 heavy (non-hydrogen) atoms. The predicted molar refractivity (Wildman–Crippen MR) is 106 cm³/mol. The van der Waals surface area contributed by atoms with Gasteiger partial charge < -0.3 is 10.1 Å². The number of nitrogens with zero attached hydrogens (tertiary/aromatic N) is 1. The van der Waals surface area contributed by atoms with Crippen LogP contribution in [0.25, 0.3) is 10.2 Å². The van der Waals surface area contributed by atoms with Gasteiger partial charge in [0.1, 0.15) is 0 Å². The third-order valence-corrected chi connectivity index (χ3v) is 5.90. The molecule has 2 aromatic carbocycles. The van der Waals surface area contributed by atoms with Gasteiger partial charge in [0.15, 0.2) is 10.9 Å².